The first-order chi connectivity index (χ1) is 8.50. The van der Waals surface area contributed by atoms with Crippen molar-refractivity contribution in [3.05, 3.63) is 56.9 Å². The lowest BCUT2D eigenvalue weighted by Crippen LogP contribution is -1.97. The van der Waals surface area contributed by atoms with Crippen molar-refractivity contribution in [2.75, 3.05) is 0 Å². The van der Waals surface area contributed by atoms with E-state index < -0.39 is 20.7 Å². The second-order valence-corrected chi connectivity index (χ2v) is 6.81. The summed E-state index contributed by atoms with van der Waals surface area (Å²) in [6.07, 6.45) is 1.73. The van der Waals surface area contributed by atoms with Gasteiger partial charge in [0, 0.05) is 9.58 Å². The minimum Gasteiger partial charge on any atom is -0.513 e. The summed E-state index contributed by atoms with van der Waals surface area (Å²) in [6, 6.07) is 9.28. The number of benzene rings is 1. The van der Waals surface area contributed by atoms with Gasteiger partial charge in [-0.15, -0.1) is 0 Å². The van der Waals surface area contributed by atoms with Gasteiger partial charge >= 0.3 is 0 Å². The normalized spacial score (nSPS) is 14.1. The SMILES string of the molecule is CC(/C=C(\C)O)=C(\C)I=CC(=O)c1ccccc1. The van der Waals surface area contributed by atoms with Crippen LogP contribution in [0.1, 0.15) is 31.1 Å². The first-order valence-electron chi connectivity index (χ1n) is 5.61. The lowest BCUT2D eigenvalue weighted by molar-refractivity contribution is 0.107. The monoisotopic (exact) mass is 356 g/mol. The molecule has 1 aromatic carbocycles. The number of hydrogen-bond acceptors (Lipinski definition) is 2. The highest BCUT2D eigenvalue weighted by molar-refractivity contribution is 14.2. The Balaban J connectivity index is 2.82. The molecule has 0 bridgehead atoms. The van der Waals surface area contributed by atoms with Crippen LogP contribution in [-0.2, 0) is 0 Å². The maximum atomic E-state index is 11.9. The number of allylic oxidation sites excluding steroid dienone is 4. The number of aliphatic hydroxyl groups excluding tert-OH is 1. The fourth-order valence-electron chi connectivity index (χ4n) is 1.30. The largest absolute Gasteiger partial charge is 0.513 e. The molecule has 0 spiro atoms. The topological polar surface area (TPSA) is 37.3 Å². The molecule has 2 nitrogen and oxygen atoms in total. The van der Waals surface area contributed by atoms with Gasteiger partial charge in [0.05, 0.1) is 5.76 Å². The molecule has 0 fully saturated rings. The van der Waals surface area contributed by atoms with Crippen molar-refractivity contribution in [2.45, 2.75) is 20.8 Å². The van der Waals surface area contributed by atoms with E-state index in [0.717, 1.165) is 11.1 Å². The van der Waals surface area contributed by atoms with Crippen LogP contribution < -0.4 is 0 Å². The van der Waals surface area contributed by atoms with Crippen molar-refractivity contribution in [3.63, 3.8) is 0 Å². The molecule has 1 rings (SSSR count). The molecule has 0 aliphatic rings. The molecule has 0 aromatic heterocycles. The van der Waals surface area contributed by atoms with Crippen LogP contribution >= 0.6 is 20.7 Å². The first kappa shape index (κ1) is 14.8. The van der Waals surface area contributed by atoms with Gasteiger partial charge in [-0.2, -0.15) is 0 Å². The van der Waals surface area contributed by atoms with Crippen LogP contribution in [0.25, 0.3) is 0 Å². The molecule has 0 radical (unpaired) electrons. The predicted molar refractivity (Wildman–Crippen MR) is 85.6 cm³/mol. The summed E-state index contributed by atoms with van der Waals surface area (Å²) in [5, 5.41) is 9.19. The van der Waals surface area contributed by atoms with Gasteiger partial charge in [-0.3, -0.25) is 4.79 Å². The van der Waals surface area contributed by atoms with Crippen molar-refractivity contribution in [3.8, 4) is 0 Å². The third kappa shape index (κ3) is 4.96. The molecule has 0 saturated carbocycles. The molecular weight excluding hydrogens is 339 g/mol. The van der Waals surface area contributed by atoms with Gasteiger partial charge < -0.3 is 5.11 Å². The van der Waals surface area contributed by atoms with Crippen LogP contribution in [0.3, 0.4) is 0 Å². The average molecular weight is 356 g/mol. The molecule has 1 aromatic rings. The van der Waals surface area contributed by atoms with Crippen LogP contribution in [0.2, 0.25) is 0 Å². The Labute approximate surface area is 118 Å². The van der Waals surface area contributed by atoms with Gasteiger partial charge in [0.25, 0.3) is 0 Å². The van der Waals surface area contributed by atoms with E-state index in [-0.39, 0.29) is 5.78 Å². The maximum absolute atomic E-state index is 11.9. The highest BCUT2D eigenvalue weighted by atomic mass is 127. The van der Waals surface area contributed by atoms with Crippen LogP contribution in [0, 0.1) is 0 Å². The van der Waals surface area contributed by atoms with Crippen LogP contribution in [0.4, 0.5) is 0 Å². The van der Waals surface area contributed by atoms with Crippen molar-refractivity contribution in [1.82, 2.24) is 0 Å². The Bertz CT molecular complexity index is 507. The smallest absolute Gasteiger partial charge is 0.191 e. The summed E-state index contributed by atoms with van der Waals surface area (Å²) >= 11 is -0.427. The Morgan fingerprint density at radius 1 is 1.17 bits per heavy atom. The van der Waals surface area contributed by atoms with Gasteiger partial charge in [0.1, 0.15) is 0 Å². The Hall–Kier alpha value is -1.23. The Morgan fingerprint density at radius 2 is 1.78 bits per heavy atom. The van der Waals surface area contributed by atoms with Gasteiger partial charge in [-0.25, -0.2) is 0 Å². The van der Waals surface area contributed by atoms with Crippen molar-refractivity contribution in [1.29, 1.82) is 0 Å². The van der Waals surface area contributed by atoms with E-state index in [4.69, 9.17) is 0 Å². The van der Waals surface area contributed by atoms with Crippen LogP contribution in [0.5, 0.6) is 0 Å². The number of carbonyl (C=O) groups excluding carboxylic acids is 1. The second-order valence-electron chi connectivity index (χ2n) is 3.95. The number of aliphatic hydroxyl groups is 1. The summed E-state index contributed by atoms with van der Waals surface area (Å²) in [6.45, 7) is 5.61. The van der Waals surface area contributed by atoms with E-state index in [1.54, 1.807) is 17.0 Å². The number of Topliss-reactive ketones (excluding diaryl/α,β-unsaturated/α-hetero) is 1. The quantitative estimate of drug-likeness (QED) is 0.376. The summed E-state index contributed by atoms with van der Waals surface area (Å²) in [5.41, 5.74) is 1.77. The number of ketones is 1. The third-order valence-corrected chi connectivity index (χ3v) is 5.01. The lowest BCUT2D eigenvalue weighted by Gasteiger charge is -1.98. The number of hydrogen-bond donors (Lipinski definition) is 1. The van der Waals surface area contributed by atoms with E-state index in [9.17, 15) is 9.90 Å². The third-order valence-electron chi connectivity index (χ3n) is 2.34. The summed E-state index contributed by atoms with van der Waals surface area (Å²) in [7, 11) is 0. The Kier molecular flexibility index (Phi) is 5.98. The molecule has 0 saturated heterocycles. The number of halogens is 1. The first-order valence-corrected chi connectivity index (χ1v) is 7.94. The number of carbonyl (C=O) groups is 1. The zero-order valence-corrected chi connectivity index (χ0v) is 12.9. The lowest BCUT2D eigenvalue weighted by atomic mass is 10.2. The van der Waals surface area contributed by atoms with Gasteiger partial charge in [0.15, 0.2) is 5.78 Å². The molecule has 18 heavy (non-hydrogen) atoms. The van der Waals surface area contributed by atoms with E-state index in [0.29, 0.717) is 5.76 Å². The maximum Gasteiger partial charge on any atom is 0.191 e. The second kappa shape index (κ2) is 7.26. The fraction of sp³-hybridized carbons (Fsp3) is 0.200. The van der Waals surface area contributed by atoms with Gasteiger partial charge in [0.2, 0.25) is 0 Å². The van der Waals surface area contributed by atoms with Crippen LogP contribution in [0.15, 0.2) is 51.3 Å². The zero-order chi connectivity index (χ0) is 13.5. The molecule has 0 atom stereocenters. The van der Waals surface area contributed by atoms with Gasteiger partial charge in [-0.1, -0.05) is 51.1 Å². The van der Waals surface area contributed by atoms with Crippen molar-refractivity contribution >= 4 is 30.5 Å². The molecule has 1 N–H and O–H groups in total. The molecule has 0 aliphatic carbocycles. The minimum absolute atomic E-state index is 0.0836. The molecular formula is C15H17IO2. The molecule has 0 aliphatic heterocycles. The summed E-state index contributed by atoms with van der Waals surface area (Å²) in [4.78, 5) is 11.9. The summed E-state index contributed by atoms with van der Waals surface area (Å²) < 4.78 is 2.97. The fourth-order valence-corrected chi connectivity index (χ4v) is 3.05. The van der Waals surface area contributed by atoms with Crippen molar-refractivity contribution < 1.29 is 9.90 Å². The number of rotatable bonds is 4. The minimum atomic E-state index is -0.427. The van der Waals surface area contributed by atoms with E-state index >= 15 is 0 Å². The molecule has 96 valence electrons. The van der Waals surface area contributed by atoms with Crippen LogP contribution in [-0.4, -0.2) is 14.9 Å². The standard InChI is InChI=1S/C15H17IO2/c1-11(9-12(2)17)13(3)16-10-15(18)14-7-5-4-6-8-14/h4-10,17H,1-3H3/b12-9+,13-11-. The molecule has 0 heterocycles. The van der Waals surface area contributed by atoms with Gasteiger partial charge in [-0.05, 0) is 36.0 Å². The van der Waals surface area contributed by atoms with E-state index in [1.807, 2.05) is 44.2 Å². The molecule has 3 heteroatoms. The highest BCUT2D eigenvalue weighted by Gasteiger charge is 2.00. The Morgan fingerprint density at radius 3 is 2.33 bits per heavy atom. The predicted octanol–water partition coefficient (Wildman–Crippen LogP) is 4.40. The molecule has 0 unspecified atom stereocenters. The average Bonchev–Trinajstić information content (AvgIpc) is 2.35. The molecule has 0 amide bonds. The highest BCUT2D eigenvalue weighted by Crippen LogP contribution is 2.19. The van der Waals surface area contributed by atoms with E-state index in [2.05, 4.69) is 0 Å². The van der Waals surface area contributed by atoms with E-state index in [1.165, 1.54) is 3.58 Å². The zero-order valence-electron chi connectivity index (χ0n) is 10.8. The summed E-state index contributed by atoms with van der Waals surface area (Å²) in [5.74, 6) is 0.380. The van der Waals surface area contributed by atoms with Crippen molar-refractivity contribution in [2.24, 2.45) is 0 Å².